The molecule has 40 heavy (non-hydrogen) atoms. The van der Waals surface area contributed by atoms with E-state index in [2.05, 4.69) is 61.8 Å². The smallest absolute Gasteiger partial charge is 0.382 e. The van der Waals surface area contributed by atoms with Gasteiger partial charge in [-0.25, -0.2) is 0 Å². The number of halogens is 3. The molecule has 0 atom stereocenters. The molecular weight excluding hydrogens is 515 g/mol. The summed E-state index contributed by atoms with van der Waals surface area (Å²) in [6.45, 7) is 16.0. The maximum Gasteiger partial charge on any atom is 0.417 e. The fourth-order valence-electron chi connectivity index (χ4n) is 4.17. The highest BCUT2D eigenvalue weighted by Gasteiger charge is 2.35. The van der Waals surface area contributed by atoms with Gasteiger partial charge in [0.25, 0.3) is 5.91 Å². The third-order valence-electron chi connectivity index (χ3n) is 6.26. The topological polar surface area (TPSA) is 81.1 Å². The van der Waals surface area contributed by atoms with Crippen molar-refractivity contribution >= 4 is 34.2 Å². The van der Waals surface area contributed by atoms with Crippen LogP contribution in [0.1, 0.15) is 65.3 Å². The van der Waals surface area contributed by atoms with E-state index in [1.165, 1.54) is 0 Å². The lowest BCUT2D eigenvalue weighted by Gasteiger charge is -2.30. The number of aryl methyl sites for hydroxylation is 1. The molecule has 2 heterocycles. The van der Waals surface area contributed by atoms with Crippen molar-refractivity contribution in [2.24, 2.45) is 5.41 Å². The summed E-state index contributed by atoms with van der Waals surface area (Å²) in [7, 11) is 2.08. The van der Waals surface area contributed by atoms with Crippen LogP contribution in [0.4, 0.5) is 18.9 Å². The minimum Gasteiger partial charge on any atom is -0.382 e. The average molecular weight is 560 g/mol. The standard InChI is InChI=1S/C26H32F3N5O.C5H12/c1-4-18(16-30)25(35)31-12-6-7-20-15-22-21(24(33-20)17(2)26(27,28)29)8-5-9-23(22)32-19-10-13-34(3)14-11-19;1-5(2,3)4/h4-5,8-9,15-16,19,30,32H,2,6-7,10-14H2,1,3H3,(H,31,35);1-4H3/b18-4+,30-16?;. The van der Waals surface area contributed by atoms with Gasteiger partial charge in [0.1, 0.15) is 0 Å². The van der Waals surface area contributed by atoms with E-state index < -0.39 is 11.7 Å². The number of nitrogens with one attached hydrogen (secondary N) is 3. The Hall–Kier alpha value is -3.20. The van der Waals surface area contributed by atoms with Crippen molar-refractivity contribution in [2.45, 2.75) is 72.5 Å². The van der Waals surface area contributed by atoms with Gasteiger partial charge in [-0.2, -0.15) is 13.2 Å². The molecule has 0 radical (unpaired) electrons. The van der Waals surface area contributed by atoms with Crippen LogP contribution in [0.2, 0.25) is 0 Å². The van der Waals surface area contributed by atoms with Crippen molar-refractivity contribution in [2.75, 3.05) is 32.0 Å². The zero-order chi connectivity index (χ0) is 30.1. The highest BCUT2D eigenvalue weighted by Crippen LogP contribution is 2.37. The number of allylic oxidation sites excluding steroid dienone is 2. The summed E-state index contributed by atoms with van der Waals surface area (Å²) in [4.78, 5) is 18.6. The van der Waals surface area contributed by atoms with Crippen LogP contribution in [0.25, 0.3) is 16.3 Å². The molecule has 1 aromatic heterocycles. The van der Waals surface area contributed by atoms with Gasteiger partial charge in [-0.15, -0.1) is 0 Å². The van der Waals surface area contributed by atoms with Crippen LogP contribution in [0.5, 0.6) is 0 Å². The number of alkyl halides is 3. The number of rotatable bonds is 9. The molecule has 1 aliphatic heterocycles. The van der Waals surface area contributed by atoms with Gasteiger partial charge < -0.3 is 20.9 Å². The molecule has 6 nitrogen and oxygen atoms in total. The van der Waals surface area contributed by atoms with Crippen LogP contribution in [-0.2, 0) is 11.2 Å². The number of hydrogen-bond acceptors (Lipinski definition) is 5. The molecule has 2 aromatic rings. The minimum atomic E-state index is -4.60. The van der Waals surface area contributed by atoms with Gasteiger partial charge in [0.2, 0.25) is 0 Å². The van der Waals surface area contributed by atoms with E-state index in [9.17, 15) is 18.0 Å². The number of amides is 1. The van der Waals surface area contributed by atoms with Crippen molar-refractivity contribution in [3.8, 4) is 0 Å². The van der Waals surface area contributed by atoms with Crippen LogP contribution >= 0.6 is 0 Å². The Kier molecular flexibility index (Phi) is 11.9. The second-order valence-electron chi connectivity index (χ2n) is 11.8. The van der Waals surface area contributed by atoms with Gasteiger partial charge in [0, 0.05) is 41.0 Å². The Morgan fingerprint density at radius 2 is 1.80 bits per heavy atom. The molecule has 1 aromatic carbocycles. The quantitative estimate of drug-likeness (QED) is 0.175. The van der Waals surface area contributed by atoms with Crippen LogP contribution in [-0.4, -0.2) is 60.9 Å². The number of carbonyl (C=O) groups is 1. The fourth-order valence-corrected chi connectivity index (χ4v) is 4.17. The van der Waals surface area contributed by atoms with Crippen molar-refractivity contribution in [1.29, 1.82) is 5.41 Å². The molecule has 9 heteroatoms. The van der Waals surface area contributed by atoms with Crippen molar-refractivity contribution in [3.05, 3.63) is 53.9 Å². The average Bonchev–Trinajstić information content (AvgIpc) is 2.86. The molecular formula is C31H44F3N5O. The van der Waals surface area contributed by atoms with E-state index in [-0.39, 0.29) is 23.2 Å². The summed E-state index contributed by atoms with van der Waals surface area (Å²) < 4.78 is 40.8. The third kappa shape index (κ3) is 10.4. The molecule has 220 valence electrons. The lowest BCUT2D eigenvalue weighted by atomic mass is 9.99. The minimum absolute atomic E-state index is 0.166. The third-order valence-corrected chi connectivity index (χ3v) is 6.26. The largest absolute Gasteiger partial charge is 0.417 e. The summed E-state index contributed by atoms with van der Waals surface area (Å²) in [6.07, 6.45) is 0.705. The first-order chi connectivity index (χ1) is 18.6. The van der Waals surface area contributed by atoms with Crippen molar-refractivity contribution < 1.29 is 18.0 Å². The molecule has 0 spiro atoms. The zero-order valence-corrected chi connectivity index (χ0v) is 24.6. The van der Waals surface area contributed by atoms with Crippen LogP contribution in [0.3, 0.4) is 0 Å². The molecule has 3 N–H and O–H groups in total. The molecule has 3 rings (SSSR count). The summed E-state index contributed by atoms with van der Waals surface area (Å²) in [5, 5.41) is 14.6. The highest BCUT2D eigenvalue weighted by molar-refractivity contribution is 6.11. The Bertz CT molecular complexity index is 1200. The van der Waals surface area contributed by atoms with Gasteiger partial charge in [0.05, 0.1) is 16.8 Å². The second kappa shape index (κ2) is 14.4. The first kappa shape index (κ1) is 33.0. The Morgan fingerprint density at radius 3 is 2.35 bits per heavy atom. The Labute approximate surface area is 236 Å². The summed E-state index contributed by atoms with van der Waals surface area (Å²) in [5.74, 6) is -0.357. The SMILES string of the molecule is C=C(c1nc(CCCNC(=O)/C(C=N)=C/C)cc2c(NC3CCN(C)CC3)cccc12)C(F)(F)F.CC(C)(C)C. The number of pyridine rings is 1. The Balaban J connectivity index is 0.00000103. The molecule has 0 aliphatic carbocycles. The number of nitrogens with zero attached hydrogens (tertiary/aromatic N) is 2. The number of fused-ring (bicyclic) bond motifs is 1. The van der Waals surface area contributed by atoms with E-state index in [4.69, 9.17) is 5.41 Å². The fraction of sp³-hybridized carbons (Fsp3) is 0.516. The van der Waals surface area contributed by atoms with Gasteiger partial charge in [-0.05, 0) is 70.3 Å². The maximum atomic E-state index is 13.6. The van der Waals surface area contributed by atoms with Crippen molar-refractivity contribution in [1.82, 2.24) is 15.2 Å². The second-order valence-corrected chi connectivity index (χ2v) is 11.8. The lowest BCUT2D eigenvalue weighted by Crippen LogP contribution is -2.36. The molecule has 1 aliphatic rings. The molecule has 0 saturated carbocycles. The molecule has 1 fully saturated rings. The maximum absolute atomic E-state index is 13.6. The monoisotopic (exact) mass is 559 g/mol. The zero-order valence-electron chi connectivity index (χ0n) is 24.6. The lowest BCUT2D eigenvalue weighted by molar-refractivity contribution is -0.117. The summed E-state index contributed by atoms with van der Waals surface area (Å²) >= 11 is 0. The predicted molar refractivity (Wildman–Crippen MR) is 160 cm³/mol. The number of piperidine rings is 1. The first-order valence-electron chi connectivity index (χ1n) is 13.7. The number of carbonyl (C=O) groups excluding carboxylic acids is 1. The van der Waals surface area contributed by atoms with Gasteiger partial charge in [-0.3, -0.25) is 9.78 Å². The van der Waals surface area contributed by atoms with E-state index in [1.807, 2.05) is 12.1 Å². The first-order valence-corrected chi connectivity index (χ1v) is 13.7. The molecule has 1 amide bonds. The van der Waals surface area contributed by atoms with Crippen molar-refractivity contribution in [3.63, 3.8) is 0 Å². The molecule has 1 saturated heterocycles. The van der Waals surface area contributed by atoms with Gasteiger partial charge in [-0.1, -0.05) is 52.5 Å². The number of anilines is 1. The summed E-state index contributed by atoms with van der Waals surface area (Å²) in [6, 6.07) is 7.35. The van der Waals surface area contributed by atoms with Gasteiger partial charge >= 0.3 is 6.18 Å². The van der Waals surface area contributed by atoms with E-state index >= 15 is 0 Å². The molecule has 0 bridgehead atoms. The van der Waals surface area contributed by atoms with Crippen LogP contribution < -0.4 is 10.6 Å². The number of aromatic nitrogens is 1. The molecule has 0 unspecified atom stereocenters. The van der Waals surface area contributed by atoms with Crippen LogP contribution in [0, 0.1) is 10.8 Å². The highest BCUT2D eigenvalue weighted by atomic mass is 19.4. The Morgan fingerprint density at radius 1 is 1.18 bits per heavy atom. The van der Waals surface area contributed by atoms with E-state index in [0.717, 1.165) is 37.8 Å². The predicted octanol–water partition coefficient (Wildman–Crippen LogP) is 7.01. The van der Waals surface area contributed by atoms with E-state index in [1.54, 1.807) is 25.1 Å². The summed E-state index contributed by atoms with van der Waals surface area (Å²) in [5.41, 5.74) is 0.901. The van der Waals surface area contributed by atoms with Gasteiger partial charge in [0.15, 0.2) is 0 Å². The van der Waals surface area contributed by atoms with E-state index in [0.29, 0.717) is 41.3 Å². The number of hydrogen-bond donors (Lipinski definition) is 3. The number of benzene rings is 1. The van der Waals surface area contributed by atoms with Crippen LogP contribution in [0.15, 0.2) is 42.5 Å². The number of likely N-dealkylation sites (tertiary alicyclic amines) is 1. The normalized spacial score (nSPS) is 15.3.